The Morgan fingerprint density at radius 1 is 0.735 bits per heavy atom. The van der Waals surface area contributed by atoms with E-state index < -0.39 is 0 Å². The summed E-state index contributed by atoms with van der Waals surface area (Å²) in [5.74, 6) is 0.330. The van der Waals surface area contributed by atoms with E-state index in [-0.39, 0.29) is 45.8 Å². The minimum atomic E-state index is -0.351. The molecule has 198 valence electrons. The Morgan fingerprint density at radius 3 is 1.88 bits per heavy atom. The van der Waals surface area contributed by atoms with Gasteiger partial charge in [-0.15, -0.1) is 34.0 Å². The van der Waals surface area contributed by atoms with Crippen LogP contribution in [0.3, 0.4) is 0 Å². The third-order valence-electron chi connectivity index (χ3n) is 5.47. The number of amides is 2. The lowest BCUT2D eigenvalue weighted by Crippen LogP contribution is -2.27. The van der Waals surface area contributed by atoms with Gasteiger partial charge in [-0.1, -0.05) is 51.0 Å². The molecule has 5 N–H and O–H groups in total. The Balaban J connectivity index is 0. The topological polar surface area (TPSA) is 102 Å². The molecule has 34 heavy (non-hydrogen) atoms. The quantitative estimate of drug-likeness (QED) is 0.0883. The number of nitrogens with one attached hydrogen (secondary N) is 4. The van der Waals surface area contributed by atoms with Crippen molar-refractivity contribution in [1.29, 1.82) is 0 Å². The molecule has 7 nitrogen and oxygen atoms in total. The molecule has 0 bridgehead atoms. The number of halogens is 2. The summed E-state index contributed by atoms with van der Waals surface area (Å²) in [7, 11) is 0. The van der Waals surface area contributed by atoms with Gasteiger partial charge in [-0.25, -0.2) is 5.48 Å². The van der Waals surface area contributed by atoms with Crippen molar-refractivity contribution < 1.29 is 14.8 Å². The van der Waals surface area contributed by atoms with Crippen LogP contribution in [0.4, 0.5) is 0 Å². The summed E-state index contributed by atoms with van der Waals surface area (Å²) in [5.41, 5.74) is 4.35. The molecule has 1 rings (SSSR count). The summed E-state index contributed by atoms with van der Waals surface area (Å²) in [6, 6.07) is 8.87. The van der Waals surface area contributed by atoms with E-state index in [0.29, 0.717) is 25.3 Å². The first kappa shape index (κ1) is 35.2. The predicted octanol–water partition coefficient (Wildman–Crippen LogP) is 4.78. The second-order valence-corrected chi connectivity index (χ2v) is 8.68. The van der Waals surface area contributed by atoms with Gasteiger partial charge in [-0.3, -0.25) is 14.8 Å². The van der Waals surface area contributed by atoms with E-state index in [4.69, 9.17) is 5.21 Å². The van der Waals surface area contributed by atoms with Gasteiger partial charge in [0.05, 0.1) is 0 Å². The Hall–Kier alpha value is -1.00. The van der Waals surface area contributed by atoms with E-state index >= 15 is 0 Å². The smallest absolute Gasteiger partial charge is 0.243 e. The number of rotatable bonds is 19. The van der Waals surface area contributed by atoms with Crippen LogP contribution >= 0.6 is 34.0 Å². The number of carbonyl (C=O) groups is 2. The monoisotopic (exact) mass is 608 g/mol. The first-order valence-corrected chi connectivity index (χ1v) is 12.2. The van der Waals surface area contributed by atoms with E-state index in [1.54, 1.807) is 5.48 Å². The standard InChI is InChI=1S/C25H44N4O3.2BrH/c1-21(2)23-14-12-22(13-15-23)20-27-17-8-7-16-26-18-9-19-28-24(30)10-5-3-4-6-11-25(31)29-32;;/h12-15,21,26-27,32H,3-11,16-20H2,1-2H3,(H,28,30)(H,29,31);2*1H. The third kappa shape index (κ3) is 19.3. The first-order valence-electron chi connectivity index (χ1n) is 12.2. The number of hydrogen-bond acceptors (Lipinski definition) is 5. The van der Waals surface area contributed by atoms with Crippen molar-refractivity contribution in [1.82, 2.24) is 21.4 Å². The normalized spacial score (nSPS) is 10.4. The molecule has 1 aromatic carbocycles. The molecule has 0 heterocycles. The molecule has 0 aliphatic carbocycles. The van der Waals surface area contributed by atoms with Crippen molar-refractivity contribution in [2.24, 2.45) is 0 Å². The van der Waals surface area contributed by atoms with Crippen LogP contribution in [0.5, 0.6) is 0 Å². The van der Waals surface area contributed by atoms with Crippen LogP contribution in [0, 0.1) is 0 Å². The largest absolute Gasteiger partial charge is 0.356 e. The summed E-state index contributed by atoms with van der Waals surface area (Å²) in [5, 5.41) is 18.3. The summed E-state index contributed by atoms with van der Waals surface area (Å²) in [4.78, 5) is 22.6. The van der Waals surface area contributed by atoms with Gasteiger partial charge in [-0.2, -0.15) is 0 Å². The second-order valence-electron chi connectivity index (χ2n) is 8.68. The van der Waals surface area contributed by atoms with Gasteiger partial charge in [-0.05, 0) is 68.8 Å². The fourth-order valence-corrected chi connectivity index (χ4v) is 3.39. The Kier molecular flexibility index (Phi) is 24.5. The highest BCUT2D eigenvalue weighted by Gasteiger charge is 2.02. The predicted molar refractivity (Wildman–Crippen MR) is 150 cm³/mol. The minimum Gasteiger partial charge on any atom is -0.356 e. The van der Waals surface area contributed by atoms with E-state index in [2.05, 4.69) is 54.1 Å². The molecule has 2 amide bonds. The molecule has 0 radical (unpaired) electrons. The molecular weight excluding hydrogens is 564 g/mol. The fourth-order valence-electron chi connectivity index (χ4n) is 3.39. The van der Waals surface area contributed by atoms with Crippen molar-refractivity contribution in [2.45, 2.75) is 84.1 Å². The molecule has 1 aromatic rings. The van der Waals surface area contributed by atoms with Gasteiger partial charge in [0.2, 0.25) is 11.8 Å². The Morgan fingerprint density at radius 2 is 1.29 bits per heavy atom. The molecule has 0 saturated heterocycles. The summed E-state index contributed by atoms with van der Waals surface area (Å²) in [6.45, 7) is 9.02. The van der Waals surface area contributed by atoms with Gasteiger partial charge >= 0.3 is 0 Å². The first-order chi connectivity index (χ1) is 15.5. The minimum absolute atomic E-state index is 0. The van der Waals surface area contributed by atoms with Crippen LogP contribution in [0.15, 0.2) is 24.3 Å². The molecule has 0 spiro atoms. The van der Waals surface area contributed by atoms with E-state index in [1.165, 1.54) is 11.1 Å². The molecule has 0 aromatic heterocycles. The highest BCUT2D eigenvalue weighted by Crippen LogP contribution is 2.14. The lowest BCUT2D eigenvalue weighted by Gasteiger charge is -2.09. The van der Waals surface area contributed by atoms with E-state index in [0.717, 1.165) is 71.1 Å². The zero-order chi connectivity index (χ0) is 23.4. The average molecular weight is 610 g/mol. The Bertz CT molecular complexity index is 631. The third-order valence-corrected chi connectivity index (χ3v) is 5.47. The number of hydroxylamine groups is 1. The number of carbonyl (C=O) groups excluding carboxylic acids is 2. The lowest BCUT2D eigenvalue weighted by atomic mass is 10.0. The van der Waals surface area contributed by atoms with Crippen LogP contribution in [-0.4, -0.2) is 43.2 Å². The lowest BCUT2D eigenvalue weighted by molar-refractivity contribution is -0.129. The fraction of sp³-hybridized carbons (Fsp3) is 0.680. The van der Waals surface area contributed by atoms with Crippen LogP contribution in [-0.2, 0) is 16.1 Å². The van der Waals surface area contributed by atoms with Crippen molar-refractivity contribution in [2.75, 3.05) is 26.2 Å². The molecule has 0 aliphatic heterocycles. The van der Waals surface area contributed by atoms with Gasteiger partial charge in [0.15, 0.2) is 0 Å². The van der Waals surface area contributed by atoms with Crippen molar-refractivity contribution in [3.8, 4) is 0 Å². The molecule has 0 saturated carbocycles. The van der Waals surface area contributed by atoms with Gasteiger partial charge in [0.25, 0.3) is 0 Å². The van der Waals surface area contributed by atoms with Crippen LogP contribution in [0.25, 0.3) is 0 Å². The summed E-state index contributed by atoms with van der Waals surface area (Å²) < 4.78 is 0. The van der Waals surface area contributed by atoms with Crippen LogP contribution < -0.4 is 21.4 Å². The molecule has 0 unspecified atom stereocenters. The van der Waals surface area contributed by atoms with Gasteiger partial charge in [0, 0.05) is 25.9 Å². The highest BCUT2D eigenvalue weighted by molar-refractivity contribution is 8.93. The second kappa shape index (κ2) is 23.7. The summed E-state index contributed by atoms with van der Waals surface area (Å²) in [6.07, 6.45) is 7.49. The zero-order valence-corrected chi connectivity index (χ0v) is 24.3. The zero-order valence-electron chi connectivity index (χ0n) is 20.9. The number of hydrogen-bond donors (Lipinski definition) is 5. The van der Waals surface area contributed by atoms with Crippen LogP contribution in [0.2, 0.25) is 0 Å². The average Bonchev–Trinajstić information content (AvgIpc) is 2.79. The van der Waals surface area contributed by atoms with Gasteiger partial charge < -0.3 is 16.0 Å². The highest BCUT2D eigenvalue weighted by atomic mass is 79.9. The molecular formula is C25H46Br2N4O3. The molecule has 9 heteroatoms. The maximum atomic E-state index is 11.8. The number of benzene rings is 1. The summed E-state index contributed by atoms with van der Waals surface area (Å²) >= 11 is 0. The van der Waals surface area contributed by atoms with Crippen molar-refractivity contribution >= 4 is 45.8 Å². The molecule has 0 atom stereocenters. The molecule has 0 aliphatic rings. The maximum absolute atomic E-state index is 11.8. The van der Waals surface area contributed by atoms with E-state index in [1.807, 2.05) is 0 Å². The Labute approximate surface area is 227 Å². The van der Waals surface area contributed by atoms with Crippen molar-refractivity contribution in [3.05, 3.63) is 35.4 Å². The SMILES string of the molecule is Br.Br.CC(C)c1ccc(CNCCCCNCCCNC(=O)CCCCCCC(=O)NO)cc1. The number of unbranched alkanes of at least 4 members (excludes halogenated alkanes) is 4. The van der Waals surface area contributed by atoms with Gasteiger partial charge in [0.1, 0.15) is 0 Å². The maximum Gasteiger partial charge on any atom is 0.243 e. The van der Waals surface area contributed by atoms with E-state index in [9.17, 15) is 9.59 Å². The molecule has 0 fully saturated rings. The van der Waals surface area contributed by atoms with Crippen molar-refractivity contribution in [3.63, 3.8) is 0 Å². The van der Waals surface area contributed by atoms with Crippen LogP contribution in [0.1, 0.15) is 88.7 Å².